The highest BCUT2D eigenvalue weighted by molar-refractivity contribution is 6.27. The van der Waals surface area contributed by atoms with Crippen molar-refractivity contribution in [1.82, 2.24) is 24.9 Å². The molecule has 11 nitrogen and oxygen atoms in total. The predicted octanol–water partition coefficient (Wildman–Crippen LogP) is 3.04. The van der Waals surface area contributed by atoms with Crippen molar-refractivity contribution in [2.24, 2.45) is 0 Å². The van der Waals surface area contributed by atoms with E-state index in [4.69, 9.17) is 34.1 Å². The monoisotopic (exact) mass is 473 g/mol. The molecular formula is C23H31N5O6. The summed E-state index contributed by atoms with van der Waals surface area (Å²) in [6, 6.07) is 8.48. The molecule has 184 valence electrons. The Morgan fingerprint density at radius 2 is 1.82 bits per heavy atom. The fourth-order valence-corrected chi connectivity index (χ4v) is 3.97. The van der Waals surface area contributed by atoms with Gasteiger partial charge < -0.3 is 24.3 Å². The van der Waals surface area contributed by atoms with Gasteiger partial charge in [0.15, 0.2) is 5.69 Å². The summed E-state index contributed by atoms with van der Waals surface area (Å²) in [7, 11) is 1.76. The standard InChI is InChI=1S/C21H29N5O2.C2H2O4/c1-15(2)26-18-8-5-4-7-17(18)19(24-26)21-23-22-20(28-21)16-9-12-25(13-10-16)11-6-14-27-3;3-1(4)2(5)6/h4-5,7-8,15-16H,6,9-14H2,1-3H3;(H,3,4)(H,5,6). The molecule has 0 bridgehead atoms. The SMILES string of the molecule is COCCCN1CCC(c2nnc(-c3nn(C(C)C)c4ccccc34)o2)CC1.O=C(O)C(=O)O. The maximum absolute atomic E-state index is 9.10. The van der Waals surface area contributed by atoms with Crippen LogP contribution in [-0.2, 0) is 14.3 Å². The van der Waals surface area contributed by atoms with Gasteiger partial charge in [0.05, 0.1) is 5.52 Å². The first-order valence-electron chi connectivity index (χ1n) is 11.3. The molecular weight excluding hydrogens is 442 g/mol. The summed E-state index contributed by atoms with van der Waals surface area (Å²) in [5, 5.41) is 29.3. The Morgan fingerprint density at radius 3 is 2.44 bits per heavy atom. The second-order valence-corrected chi connectivity index (χ2v) is 8.42. The third kappa shape index (κ3) is 6.17. The van der Waals surface area contributed by atoms with Crippen LogP contribution in [0.4, 0.5) is 0 Å². The third-order valence-electron chi connectivity index (χ3n) is 5.69. The van der Waals surface area contributed by atoms with Crippen molar-refractivity contribution >= 4 is 22.8 Å². The lowest BCUT2D eigenvalue weighted by Gasteiger charge is -2.30. The molecule has 0 saturated carbocycles. The van der Waals surface area contributed by atoms with Crippen LogP contribution in [0.3, 0.4) is 0 Å². The number of nitrogens with zero attached hydrogens (tertiary/aromatic N) is 5. The van der Waals surface area contributed by atoms with Crippen LogP contribution < -0.4 is 0 Å². The lowest BCUT2D eigenvalue weighted by Crippen LogP contribution is -2.34. The van der Waals surface area contributed by atoms with Crippen molar-refractivity contribution in [3.05, 3.63) is 30.2 Å². The number of fused-ring (bicyclic) bond motifs is 1. The number of para-hydroxylation sites is 1. The zero-order valence-electron chi connectivity index (χ0n) is 19.7. The number of hydrogen-bond acceptors (Lipinski definition) is 8. The summed E-state index contributed by atoms with van der Waals surface area (Å²) in [5.41, 5.74) is 1.87. The van der Waals surface area contributed by atoms with Gasteiger partial charge in [-0.1, -0.05) is 18.2 Å². The highest BCUT2D eigenvalue weighted by Gasteiger charge is 2.26. The van der Waals surface area contributed by atoms with Gasteiger partial charge in [0, 0.05) is 37.6 Å². The molecule has 1 fully saturated rings. The molecule has 34 heavy (non-hydrogen) atoms. The second kappa shape index (κ2) is 11.7. The van der Waals surface area contributed by atoms with Crippen molar-refractivity contribution < 1.29 is 29.0 Å². The van der Waals surface area contributed by atoms with Crippen LogP contribution in [0.1, 0.15) is 51.0 Å². The number of carboxylic acid groups (broad SMARTS) is 2. The third-order valence-corrected chi connectivity index (χ3v) is 5.69. The molecule has 0 aliphatic carbocycles. The van der Waals surface area contributed by atoms with Crippen LogP contribution in [0, 0.1) is 0 Å². The number of piperidine rings is 1. The maximum Gasteiger partial charge on any atom is 0.414 e. The number of ether oxygens (including phenoxy) is 1. The molecule has 0 unspecified atom stereocenters. The molecule has 1 saturated heterocycles. The van der Waals surface area contributed by atoms with Gasteiger partial charge >= 0.3 is 11.9 Å². The largest absolute Gasteiger partial charge is 0.473 e. The first kappa shape index (κ1) is 25.3. The Labute approximate surface area is 197 Å². The first-order chi connectivity index (χ1) is 16.3. The first-order valence-corrected chi connectivity index (χ1v) is 11.3. The lowest BCUT2D eigenvalue weighted by molar-refractivity contribution is -0.159. The van der Waals surface area contributed by atoms with E-state index in [2.05, 4.69) is 41.1 Å². The Balaban J connectivity index is 0.000000481. The number of carbonyl (C=O) groups is 2. The molecule has 3 aromatic rings. The smallest absolute Gasteiger partial charge is 0.414 e. The molecule has 0 radical (unpaired) electrons. The number of rotatable bonds is 7. The topological polar surface area (TPSA) is 144 Å². The van der Waals surface area contributed by atoms with Gasteiger partial charge in [-0.3, -0.25) is 4.68 Å². The van der Waals surface area contributed by atoms with E-state index in [0.717, 1.165) is 68.0 Å². The molecule has 0 atom stereocenters. The quantitative estimate of drug-likeness (QED) is 0.388. The Morgan fingerprint density at radius 1 is 1.15 bits per heavy atom. The fourth-order valence-electron chi connectivity index (χ4n) is 3.97. The van der Waals surface area contributed by atoms with Crippen LogP contribution in [0.25, 0.3) is 22.5 Å². The maximum atomic E-state index is 9.10. The molecule has 2 aromatic heterocycles. The highest BCUT2D eigenvalue weighted by Crippen LogP contribution is 2.32. The minimum Gasteiger partial charge on any atom is -0.473 e. The van der Waals surface area contributed by atoms with Crippen LogP contribution in [-0.4, -0.2) is 80.4 Å². The summed E-state index contributed by atoms with van der Waals surface area (Å²) in [6.45, 7) is 8.30. The number of carboxylic acids is 2. The molecule has 1 aliphatic heterocycles. The van der Waals surface area contributed by atoms with Gasteiger partial charge in [-0.05, 0) is 52.3 Å². The average molecular weight is 474 g/mol. The summed E-state index contributed by atoms with van der Waals surface area (Å²) in [4.78, 5) is 20.7. The zero-order chi connectivity index (χ0) is 24.7. The number of aromatic nitrogens is 4. The van der Waals surface area contributed by atoms with Gasteiger partial charge in [0.25, 0.3) is 5.89 Å². The molecule has 1 aromatic carbocycles. The van der Waals surface area contributed by atoms with Gasteiger partial charge in [-0.2, -0.15) is 5.10 Å². The minimum absolute atomic E-state index is 0.267. The Bertz CT molecular complexity index is 1090. The Kier molecular flexibility index (Phi) is 8.72. The van der Waals surface area contributed by atoms with Crippen LogP contribution in [0.15, 0.2) is 28.7 Å². The minimum atomic E-state index is -1.82. The van der Waals surface area contributed by atoms with E-state index in [1.807, 2.05) is 16.8 Å². The molecule has 2 N–H and O–H groups in total. The van der Waals surface area contributed by atoms with E-state index in [1.54, 1.807) is 7.11 Å². The average Bonchev–Trinajstić information content (AvgIpc) is 3.45. The second-order valence-electron chi connectivity index (χ2n) is 8.42. The summed E-state index contributed by atoms with van der Waals surface area (Å²) in [6.07, 6.45) is 3.18. The van der Waals surface area contributed by atoms with E-state index < -0.39 is 11.9 Å². The van der Waals surface area contributed by atoms with Crippen molar-refractivity contribution in [2.45, 2.75) is 45.1 Å². The van der Waals surface area contributed by atoms with E-state index in [9.17, 15) is 0 Å². The van der Waals surface area contributed by atoms with E-state index >= 15 is 0 Å². The molecule has 0 spiro atoms. The van der Waals surface area contributed by atoms with E-state index in [-0.39, 0.29) is 6.04 Å². The van der Waals surface area contributed by atoms with Crippen LogP contribution >= 0.6 is 0 Å². The summed E-state index contributed by atoms with van der Waals surface area (Å²) >= 11 is 0. The number of methoxy groups -OCH3 is 1. The molecule has 0 amide bonds. The Hall–Kier alpha value is -3.31. The number of likely N-dealkylation sites (tertiary alicyclic amines) is 1. The van der Waals surface area contributed by atoms with Crippen molar-refractivity contribution in [3.63, 3.8) is 0 Å². The van der Waals surface area contributed by atoms with Crippen LogP contribution in [0.2, 0.25) is 0 Å². The molecule has 1 aliphatic rings. The van der Waals surface area contributed by atoms with Crippen molar-refractivity contribution in [1.29, 1.82) is 0 Å². The summed E-state index contributed by atoms with van der Waals surface area (Å²) in [5.74, 6) is -2.05. The number of hydrogen-bond donors (Lipinski definition) is 2. The molecule has 4 rings (SSSR count). The van der Waals surface area contributed by atoms with Gasteiger partial charge in [0.2, 0.25) is 5.89 Å². The van der Waals surface area contributed by atoms with E-state index in [1.165, 1.54) is 0 Å². The fraction of sp³-hybridized carbons (Fsp3) is 0.522. The van der Waals surface area contributed by atoms with Crippen LogP contribution in [0.5, 0.6) is 0 Å². The summed E-state index contributed by atoms with van der Waals surface area (Å²) < 4.78 is 13.3. The van der Waals surface area contributed by atoms with E-state index in [0.29, 0.717) is 11.8 Å². The number of benzene rings is 1. The van der Waals surface area contributed by atoms with Crippen molar-refractivity contribution in [3.8, 4) is 11.6 Å². The van der Waals surface area contributed by atoms with Gasteiger partial charge in [-0.25, -0.2) is 9.59 Å². The molecule has 11 heteroatoms. The highest BCUT2D eigenvalue weighted by atomic mass is 16.5. The normalized spacial score (nSPS) is 14.8. The molecule has 3 heterocycles. The van der Waals surface area contributed by atoms with Crippen molar-refractivity contribution in [2.75, 3.05) is 33.4 Å². The lowest BCUT2D eigenvalue weighted by atomic mass is 9.97. The van der Waals surface area contributed by atoms with Gasteiger partial charge in [-0.15, -0.1) is 10.2 Å². The predicted molar refractivity (Wildman–Crippen MR) is 124 cm³/mol. The number of aliphatic carboxylic acids is 2. The zero-order valence-corrected chi connectivity index (χ0v) is 19.7. The van der Waals surface area contributed by atoms with Gasteiger partial charge in [0.1, 0.15) is 0 Å².